The fourth-order valence-electron chi connectivity index (χ4n) is 1.82. The number of carbonyl (C=O) groups excluding carboxylic acids is 1. The highest BCUT2D eigenvalue weighted by molar-refractivity contribution is 7.98. The lowest BCUT2D eigenvalue weighted by Gasteiger charge is -2.12. The van der Waals surface area contributed by atoms with Gasteiger partial charge in [0.25, 0.3) is 5.91 Å². The van der Waals surface area contributed by atoms with Gasteiger partial charge in [0.15, 0.2) is 0 Å². The number of nitrogens with zero attached hydrogens (tertiary/aromatic N) is 2. The van der Waals surface area contributed by atoms with Gasteiger partial charge in [-0.15, -0.1) is 22.0 Å². The zero-order valence-corrected chi connectivity index (χ0v) is 13.4. The first kappa shape index (κ1) is 15.6. The quantitative estimate of drug-likeness (QED) is 0.857. The van der Waals surface area contributed by atoms with E-state index in [4.69, 9.17) is 4.42 Å². The fourth-order valence-corrected chi connectivity index (χ4v) is 2.42. The van der Waals surface area contributed by atoms with Gasteiger partial charge < -0.3 is 9.73 Å². The average molecular weight is 305 g/mol. The number of hydrogen-bond donors (Lipinski definition) is 1. The Labute approximate surface area is 128 Å². The summed E-state index contributed by atoms with van der Waals surface area (Å²) in [7, 11) is 0. The van der Waals surface area contributed by atoms with Crippen molar-refractivity contribution < 1.29 is 9.21 Å². The van der Waals surface area contributed by atoms with E-state index in [0.29, 0.717) is 17.3 Å². The number of thioether (sulfide) groups is 1. The summed E-state index contributed by atoms with van der Waals surface area (Å²) in [6.45, 7) is 5.79. The molecule has 2 rings (SSSR count). The van der Waals surface area contributed by atoms with Crippen molar-refractivity contribution in [2.75, 3.05) is 6.26 Å². The zero-order valence-electron chi connectivity index (χ0n) is 12.6. The summed E-state index contributed by atoms with van der Waals surface area (Å²) in [5, 5.41) is 10.9. The van der Waals surface area contributed by atoms with Gasteiger partial charge in [-0.1, -0.05) is 26.0 Å². The first-order valence-electron chi connectivity index (χ1n) is 6.80. The molecule has 6 heteroatoms. The second kappa shape index (κ2) is 6.76. The molecule has 1 amide bonds. The minimum Gasteiger partial charge on any atom is -0.423 e. The molecule has 5 nitrogen and oxygen atoms in total. The summed E-state index contributed by atoms with van der Waals surface area (Å²) in [5.41, 5.74) is 0.653. The van der Waals surface area contributed by atoms with Gasteiger partial charge in [0.2, 0.25) is 11.8 Å². The van der Waals surface area contributed by atoms with E-state index in [0.717, 1.165) is 4.90 Å². The molecule has 0 fully saturated rings. The highest BCUT2D eigenvalue weighted by Crippen LogP contribution is 2.21. The molecule has 1 aromatic carbocycles. The van der Waals surface area contributed by atoms with Crippen LogP contribution in [0.5, 0.6) is 0 Å². The molecular formula is C15H19N3O2S. The Morgan fingerprint density at radius 2 is 1.86 bits per heavy atom. The maximum absolute atomic E-state index is 12.3. The van der Waals surface area contributed by atoms with E-state index in [2.05, 4.69) is 15.5 Å². The predicted molar refractivity (Wildman–Crippen MR) is 82.5 cm³/mol. The monoisotopic (exact) mass is 305 g/mol. The lowest BCUT2D eigenvalue weighted by Crippen LogP contribution is -2.27. The Balaban J connectivity index is 2.11. The summed E-state index contributed by atoms with van der Waals surface area (Å²) < 4.78 is 5.56. The molecule has 1 atom stereocenters. The van der Waals surface area contributed by atoms with Crippen molar-refractivity contribution in [2.45, 2.75) is 37.6 Å². The molecule has 0 bridgehead atoms. The Morgan fingerprint density at radius 3 is 2.48 bits per heavy atom. The number of benzene rings is 1. The van der Waals surface area contributed by atoms with Gasteiger partial charge >= 0.3 is 0 Å². The van der Waals surface area contributed by atoms with Crippen LogP contribution >= 0.6 is 11.8 Å². The van der Waals surface area contributed by atoms with Gasteiger partial charge in [-0.05, 0) is 25.3 Å². The highest BCUT2D eigenvalue weighted by atomic mass is 32.2. The lowest BCUT2D eigenvalue weighted by molar-refractivity contribution is 0.0931. The van der Waals surface area contributed by atoms with Crippen molar-refractivity contribution in [3.8, 4) is 0 Å². The standard InChI is InChI=1S/C15H19N3O2S/c1-9(2)14-17-18-15(20-14)10(3)16-13(19)11-7-5-6-8-12(11)21-4/h5-10H,1-4H3,(H,16,19). The normalized spacial score (nSPS) is 12.4. The maximum atomic E-state index is 12.3. The lowest BCUT2D eigenvalue weighted by atomic mass is 10.2. The van der Waals surface area contributed by atoms with Crippen LogP contribution in [-0.4, -0.2) is 22.4 Å². The van der Waals surface area contributed by atoms with Gasteiger partial charge in [0, 0.05) is 10.8 Å². The van der Waals surface area contributed by atoms with Crippen LogP contribution in [0.3, 0.4) is 0 Å². The Kier molecular flexibility index (Phi) is 5.01. The van der Waals surface area contributed by atoms with Gasteiger partial charge in [0.1, 0.15) is 6.04 Å². The van der Waals surface area contributed by atoms with Crippen LogP contribution in [0.15, 0.2) is 33.6 Å². The summed E-state index contributed by atoms with van der Waals surface area (Å²) in [6.07, 6.45) is 1.95. The number of aromatic nitrogens is 2. The molecule has 21 heavy (non-hydrogen) atoms. The number of rotatable bonds is 5. The largest absolute Gasteiger partial charge is 0.423 e. The molecule has 0 spiro atoms. The molecule has 1 N–H and O–H groups in total. The topological polar surface area (TPSA) is 68.0 Å². The van der Waals surface area contributed by atoms with E-state index >= 15 is 0 Å². The SMILES string of the molecule is CSc1ccccc1C(=O)NC(C)c1nnc(C(C)C)o1. The Morgan fingerprint density at radius 1 is 1.19 bits per heavy atom. The minimum absolute atomic E-state index is 0.142. The molecule has 1 aromatic heterocycles. The smallest absolute Gasteiger partial charge is 0.253 e. The molecular weight excluding hydrogens is 286 g/mol. The third kappa shape index (κ3) is 3.64. The van der Waals surface area contributed by atoms with Crippen LogP contribution in [-0.2, 0) is 0 Å². The number of nitrogens with one attached hydrogen (secondary N) is 1. The van der Waals surface area contributed by atoms with Crippen molar-refractivity contribution in [1.29, 1.82) is 0 Å². The van der Waals surface area contributed by atoms with Crippen LogP contribution in [0.25, 0.3) is 0 Å². The summed E-state index contributed by atoms with van der Waals surface area (Å²) in [4.78, 5) is 13.3. The van der Waals surface area contributed by atoms with Crippen LogP contribution in [0.4, 0.5) is 0 Å². The van der Waals surface area contributed by atoms with Crippen LogP contribution in [0.1, 0.15) is 54.9 Å². The van der Waals surface area contributed by atoms with Crippen molar-refractivity contribution in [1.82, 2.24) is 15.5 Å². The van der Waals surface area contributed by atoms with E-state index in [-0.39, 0.29) is 17.9 Å². The zero-order chi connectivity index (χ0) is 15.4. The van der Waals surface area contributed by atoms with E-state index in [1.165, 1.54) is 0 Å². The van der Waals surface area contributed by atoms with Crippen molar-refractivity contribution in [2.24, 2.45) is 0 Å². The molecule has 0 radical (unpaired) electrons. The van der Waals surface area contributed by atoms with E-state index in [1.54, 1.807) is 17.8 Å². The summed E-state index contributed by atoms with van der Waals surface area (Å²) >= 11 is 1.54. The van der Waals surface area contributed by atoms with E-state index in [9.17, 15) is 4.79 Å². The third-order valence-corrected chi connectivity index (χ3v) is 3.82. The minimum atomic E-state index is -0.326. The molecule has 112 valence electrons. The van der Waals surface area contributed by atoms with Crippen molar-refractivity contribution >= 4 is 17.7 Å². The van der Waals surface area contributed by atoms with E-state index in [1.807, 2.05) is 45.2 Å². The first-order valence-corrected chi connectivity index (χ1v) is 8.02. The number of amides is 1. The van der Waals surface area contributed by atoms with Gasteiger partial charge in [-0.25, -0.2) is 0 Å². The Hall–Kier alpha value is -1.82. The first-order chi connectivity index (χ1) is 10.0. The van der Waals surface area contributed by atoms with Crippen LogP contribution in [0, 0.1) is 0 Å². The number of carbonyl (C=O) groups is 1. The molecule has 0 aliphatic carbocycles. The molecule has 1 unspecified atom stereocenters. The molecule has 0 saturated heterocycles. The predicted octanol–water partition coefficient (Wildman–Crippen LogP) is 3.41. The second-order valence-electron chi connectivity index (χ2n) is 5.03. The average Bonchev–Trinajstić information content (AvgIpc) is 2.97. The van der Waals surface area contributed by atoms with Gasteiger partial charge in [0.05, 0.1) is 5.56 Å². The van der Waals surface area contributed by atoms with Crippen LogP contribution in [0.2, 0.25) is 0 Å². The highest BCUT2D eigenvalue weighted by Gasteiger charge is 2.19. The summed E-state index contributed by atoms with van der Waals surface area (Å²) in [6, 6.07) is 7.17. The Bertz CT molecular complexity index is 625. The van der Waals surface area contributed by atoms with Crippen molar-refractivity contribution in [3.63, 3.8) is 0 Å². The van der Waals surface area contributed by atoms with E-state index < -0.39 is 0 Å². The van der Waals surface area contributed by atoms with Crippen LogP contribution < -0.4 is 5.32 Å². The maximum Gasteiger partial charge on any atom is 0.253 e. The molecule has 2 aromatic rings. The number of hydrogen-bond acceptors (Lipinski definition) is 5. The van der Waals surface area contributed by atoms with Crippen molar-refractivity contribution in [3.05, 3.63) is 41.6 Å². The molecule has 0 saturated carbocycles. The molecule has 1 heterocycles. The summed E-state index contributed by atoms with van der Waals surface area (Å²) in [5.74, 6) is 1.03. The third-order valence-electron chi connectivity index (χ3n) is 3.02. The fraction of sp³-hybridized carbons (Fsp3) is 0.400. The molecule has 0 aliphatic rings. The molecule has 0 aliphatic heterocycles. The van der Waals surface area contributed by atoms with Gasteiger partial charge in [-0.3, -0.25) is 4.79 Å². The second-order valence-corrected chi connectivity index (χ2v) is 5.88. The van der Waals surface area contributed by atoms with Gasteiger partial charge in [-0.2, -0.15) is 0 Å².